The summed E-state index contributed by atoms with van der Waals surface area (Å²) < 4.78 is 37.0. The molecule has 2 rings (SSSR count). The Kier molecular flexibility index (Phi) is 4.82. The highest BCUT2D eigenvalue weighted by Gasteiger charge is 2.32. The maximum absolute atomic E-state index is 12.3. The van der Waals surface area contributed by atoms with Gasteiger partial charge in [0.25, 0.3) is 0 Å². The van der Waals surface area contributed by atoms with Crippen LogP contribution in [0.1, 0.15) is 5.69 Å². The van der Waals surface area contributed by atoms with E-state index in [2.05, 4.69) is 15.2 Å². The minimum absolute atomic E-state index is 0.434. The number of halogens is 3. The molecule has 1 aliphatic heterocycles. The fourth-order valence-corrected chi connectivity index (χ4v) is 2.36. The van der Waals surface area contributed by atoms with E-state index >= 15 is 0 Å². The molecule has 1 saturated heterocycles. The fraction of sp³-hybridized carbons (Fsp3) is 0.615. The summed E-state index contributed by atoms with van der Waals surface area (Å²) in [6.07, 6.45) is -2.37. The highest BCUT2D eigenvalue weighted by Crippen LogP contribution is 2.20. The average molecular weight is 288 g/mol. The number of anilines is 1. The summed E-state index contributed by atoms with van der Waals surface area (Å²) in [6, 6.07) is 3.88. The summed E-state index contributed by atoms with van der Waals surface area (Å²) in [7, 11) is 1.85. The summed E-state index contributed by atoms with van der Waals surface area (Å²) in [5, 5.41) is 3.03. The van der Waals surface area contributed by atoms with Gasteiger partial charge in [0.05, 0.1) is 12.2 Å². The molecule has 0 unspecified atom stereocenters. The lowest BCUT2D eigenvalue weighted by molar-refractivity contribution is -0.146. The van der Waals surface area contributed by atoms with Crippen molar-refractivity contribution in [2.45, 2.75) is 12.7 Å². The number of hydrogen-bond acceptors (Lipinski definition) is 4. The summed E-state index contributed by atoms with van der Waals surface area (Å²) >= 11 is 0. The van der Waals surface area contributed by atoms with E-state index < -0.39 is 12.7 Å². The van der Waals surface area contributed by atoms with Crippen LogP contribution in [0.15, 0.2) is 18.3 Å². The predicted molar refractivity (Wildman–Crippen MR) is 71.7 cm³/mol. The third-order valence-corrected chi connectivity index (χ3v) is 3.30. The molecule has 1 aromatic heterocycles. The number of alkyl halides is 3. The number of aromatic nitrogens is 1. The number of piperazine rings is 1. The Morgan fingerprint density at radius 1 is 1.25 bits per heavy atom. The van der Waals surface area contributed by atoms with Gasteiger partial charge in [0, 0.05) is 44.6 Å². The second-order valence-corrected chi connectivity index (χ2v) is 4.91. The molecule has 2 heterocycles. The van der Waals surface area contributed by atoms with Crippen LogP contribution in [-0.2, 0) is 6.54 Å². The lowest BCUT2D eigenvalue weighted by Crippen LogP contribution is -2.49. The molecule has 1 fully saturated rings. The Bertz CT molecular complexity index is 428. The molecular weight excluding hydrogens is 269 g/mol. The van der Waals surface area contributed by atoms with Crippen molar-refractivity contribution >= 4 is 5.69 Å². The molecule has 4 nitrogen and oxygen atoms in total. The van der Waals surface area contributed by atoms with Crippen LogP contribution in [-0.4, -0.2) is 55.8 Å². The number of rotatable bonds is 4. The van der Waals surface area contributed by atoms with Gasteiger partial charge in [-0.2, -0.15) is 13.2 Å². The zero-order valence-corrected chi connectivity index (χ0v) is 11.5. The molecule has 0 atom stereocenters. The molecule has 0 saturated carbocycles. The Labute approximate surface area is 116 Å². The Morgan fingerprint density at radius 3 is 2.55 bits per heavy atom. The van der Waals surface area contributed by atoms with E-state index in [0.29, 0.717) is 32.7 Å². The predicted octanol–water partition coefficient (Wildman–Crippen LogP) is 1.49. The first-order chi connectivity index (χ1) is 9.48. The minimum Gasteiger partial charge on any atom is -0.369 e. The van der Waals surface area contributed by atoms with Crippen molar-refractivity contribution in [2.24, 2.45) is 0 Å². The molecule has 1 N–H and O–H groups in total. The number of nitrogens with zero attached hydrogens (tertiary/aromatic N) is 3. The van der Waals surface area contributed by atoms with Crippen molar-refractivity contribution in [3.63, 3.8) is 0 Å². The van der Waals surface area contributed by atoms with Crippen molar-refractivity contribution in [1.29, 1.82) is 0 Å². The van der Waals surface area contributed by atoms with E-state index in [1.165, 1.54) is 4.90 Å². The highest BCUT2D eigenvalue weighted by molar-refractivity contribution is 5.47. The quantitative estimate of drug-likeness (QED) is 0.909. The first-order valence-corrected chi connectivity index (χ1v) is 6.61. The molecule has 0 aliphatic carbocycles. The van der Waals surface area contributed by atoms with Crippen LogP contribution in [0, 0.1) is 0 Å². The van der Waals surface area contributed by atoms with Gasteiger partial charge in [-0.25, -0.2) is 0 Å². The largest absolute Gasteiger partial charge is 0.401 e. The van der Waals surface area contributed by atoms with Gasteiger partial charge in [0.2, 0.25) is 0 Å². The standard InChI is InChI=1S/C13H19F3N4/c1-17-9-11-8-12(2-3-18-11)20-6-4-19(5-7-20)10-13(14,15)16/h2-3,8,17H,4-7,9-10H2,1H3. The number of hydrogen-bond donors (Lipinski definition) is 1. The summed E-state index contributed by atoms with van der Waals surface area (Å²) in [5.74, 6) is 0. The lowest BCUT2D eigenvalue weighted by Gasteiger charge is -2.36. The molecular formula is C13H19F3N4. The second-order valence-electron chi connectivity index (χ2n) is 4.91. The van der Waals surface area contributed by atoms with Crippen molar-refractivity contribution in [3.05, 3.63) is 24.0 Å². The maximum Gasteiger partial charge on any atom is 0.401 e. The van der Waals surface area contributed by atoms with Gasteiger partial charge in [0.1, 0.15) is 0 Å². The maximum atomic E-state index is 12.3. The molecule has 20 heavy (non-hydrogen) atoms. The van der Waals surface area contributed by atoms with Crippen LogP contribution in [0.3, 0.4) is 0 Å². The van der Waals surface area contributed by atoms with Crippen molar-refractivity contribution in [2.75, 3.05) is 44.7 Å². The smallest absolute Gasteiger partial charge is 0.369 e. The Balaban J connectivity index is 1.92. The van der Waals surface area contributed by atoms with Crippen LogP contribution >= 0.6 is 0 Å². The third-order valence-electron chi connectivity index (χ3n) is 3.30. The Hall–Kier alpha value is -1.34. The van der Waals surface area contributed by atoms with E-state index in [1.54, 1.807) is 6.20 Å². The van der Waals surface area contributed by atoms with Gasteiger partial charge in [-0.15, -0.1) is 0 Å². The molecule has 0 bridgehead atoms. The first-order valence-electron chi connectivity index (χ1n) is 6.61. The minimum atomic E-state index is -4.11. The molecule has 0 radical (unpaired) electrons. The van der Waals surface area contributed by atoms with Gasteiger partial charge < -0.3 is 10.2 Å². The topological polar surface area (TPSA) is 31.4 Å². The molecule has 112 valence electrons. The van der Waals surface area contributed by atoms with E-state index in [1.807, 2.05) is 19.2 Å². The normalized spacial score (nSPS) is 17.5. The van der Waals surface area contributed by atoms with Gasteiger partial charge >= 0.3 is 6.18 Å². The Morgan fingerprint density at radius 2 is 1.95 bits per heavy atom. The molecule has 0 aromatic carbocycles. The second kappa shape index (κ2) is 6.41. The van der Waals surface area contributed by atoms with Gasteiger partial charge in [-0.3, -0.25) is 9.88 Å². The molecule has 1 aliphatic rings. The summed E-state index contributed by atoms with van der Waals surface area (Å²) in [5.41, 5.74) is 1.96. The monoisotopic (exact) mass is 288 g/mol. The summed E-state index contributed by atoms with van der Waals surface area (Å²) in [4.78, 5) is 7.79. The van der Waals surface area contributed by atoms with E-state index in [4.69, 9.17) is 0 Å². The molecule has 1 aromatic rings. The van der Waals surface area contributed by atoms with Crippen molar-refractivity contribution in [1.82, 2.24) is 15.2 Å². The lowest BCUT2D eigenvalue weighted by atomic mass is 10.2. The molecule has 0 spiro atoms. The molecule has 0 amide bonds. The van der Waals surface area contributed by atoms with Crippen LogP contribution in [0.2, 0.25) is 0 Å². The average Bonchev–Trinajstić information content (AvgIpc) is 2.38. The van der Waals surface area contributed by atoms with E-state index in [-0.39, 0.29) is 0 Å². The highest BCUT2D eigenvalue weighted by atomic mass is 19.4. The number of pyridine rings is 1. The van der Waals surface area contributed by atoms with Gasteiger partial charge in [-0.05, 0) is 19.2 Å². The van der Waals surface area contributed by atoms with Crippen molar-refractivity contribution < 1.29 is 13.2 Å². The van der Waals surface area contributed by atoms with Crippen LogP contribution in [0.5, 0.6) is 0 Å². The SMILES string of the molecule is CNCc1cc(N2CCN(CC(F)(F)F)CC2)ccn1. The number of nitrogens with one attached hydrogen (secondary N) is 1. The fourth-order valence-electron chi connectivity index (χ4n) is 2.36. The third kappa shape index (κ3) is 4.35. The first kappa shape index (κ1) is 15.1. The van der Waals surface area contributed by atoms with Crippen LogP contribution in [0.4, 0.5) is 18.9 Å². The van der Waals surface area contributed by atoms with Crippen molar-refractivity contribution in [3.8, 4) is 0 Å². The van der Waals surface area contributed by atoms with E-state index in [9.17, 15) is 13.2 Å². The summed E-state index contributed by atoms with van der Waals surface area (Å²) in [6.45, 7) is 1.95. The van der Waals surface area contributed by atoms with Crippen LogP contribution in [0.25, 0.3) is 0 Å². The van der Waals surface area contributed by atoms with E-state index in [0.717, 1.165) is 11.4 Å². The zero-order chi connectivity index (χ0) is 14.6. The van der Waals surface area contributed by atoms with Gasteiger partial charge in [-0.1, -0.05) is 0 Å². The van der Waals surface area contributed by atoms with Gasteiger partial charge in [0.15, 0.2) is 0 Å². The zero-order valence-electron chi connectivity index (χ0n) is 11.5. The van der Waals surface area contributed by atoms with Crippen LogP contribution < -0.4 is 10.2 Å². The molecule has 7 heteroatoms.